The number of aliphatic hydroxyl groups excluding tert-OH is 1. The highest BCUT2D eigenvalue weighted by atomic mass is 16.5. The lowest BCUT2D eigenvalue weighted by Gasteiger charge is -2.60. The number of likely N-dealkylation sites (tertiary alicyclic amines) is 3. The van der Waals surface area contributed by atoms with Gasteiger partial charge in [0.15, 0.2) is 5.82 Å². The van der Waals surface area contributed by atoms with Crippen LogP contribution in [0.4, 0.5) is 11.5 Å². The van der Waals surface area contributed by atoms with Crippen LogP contribution < -0.4 is 25.6 Å². The molecule has 3 aromatic rings. The van der Waals surface area contributed by atoms with Gasteiger partial charge >= 0.3 is 0 Å². The summed E-state index contributed by atoms with van der Waals surface area (Å²) in [6, 6.07) is 15.2. The van der Waals surface area contributed by atoms with Gasteiger partial charge in [-0.15, -0.1) is 16.6 Å². The van der Waals surface area contributed by atoms with Crippen molar-refractivity contribution in [1.29, 1.82) is 0 Å². The van der Waals surface area contributed by atoms with Crippen LogP contribution in [0.2, 0.25) is 0 Å². The molecule has 3 amide bonds. The highest BCUT2D eigenvalue weighted by Gasteiger charge is 2.57. The van der Waals surface area contributed by atoms with Crippen LogP contribution in [0.3, 0.4) is 0 Å². The number of carbonyl (C=O) groups is 3. The number of phenols is 1. The summed E-state index contributed by atoms with van der Waals surface area (Å²) in [5, 5.41) is 39.7. The summed E-state index contributed by atoms with van der Waals surface area (Å²) in [5.74, 6) is 3.23. The standard InChI is InChI=1S/C54H72N10O6/c1-6-34-11-12-35(47(23-34)70-5)30-56-51(68)45-24-41(65)33-64(45)52(69)48(53(2,3)4)57-50(67)36-26-54(27-36)28-39(29-54)61-19-13-37(14-20-61)60-17-15-38(16-18-60)62-21-22-63-40(32-62)31-55-49-44(63)25-43(58-59-49)42-9-7-8-10-46(42)66/h1,7-12,23,25,36-41,45,48,65-66H,13-22,24,26-33H2,2-5H3,(H,55,59)(H,56,68)(H,57,67)/t36?,39?,40-,41+,45-,48+,54?/m0/s1. The summed E-state index contributed by atoms with van der Waals surface area (Å²) in [6.07, 6.45) is 13.6. The Morgan fingerprint density at radius 1 is 0.871 bits per heavy atom. The van der Waals surface area contributed by atoms with Crippen LogP contribution in [0.15, 0.2) is 48.5 Å². The van der Waals surface area contributed by atoms with Gasteiger partial charge in [-0.25, -0.2) is 0 Å². The van der Waals surface area contributed by atoms with Crippen LogP contribution >= 0.6 is 0 Å². The van der Waals surface area contributed by atoms with Gasteiger partial charge < -0.3 is 50.5 Å². The number of hydrogen-bond donors (Lipinski definition) is 5. The minimum Gasteiger partial charge on any atom is -0.507 e. The predicted molar refractivity (Wildman–Crippen MR) is 268 cm³/mol. The summed E-state index contributed by atoms with van der Waals surface area (Å²) < 4.78 is 5.48. The summed E-state index contributed by atoms with van der Waals surface area (Å²) in [7, 11) is 1.54. The van der Waals surface area contributed by atoms with E-state index in [1.165, 1.54) is 30.6 Å². The molecule has 70 heavy (non-hydrogen) atoms. The van der Waals surface area contributed by atoms with E-state index in [2.05, 4.69) is 57.7 Å². The van der Waals surface area contributed by atoms with Crippen molar-refractivity contribution < 1.29 is 29.3 Å². The van der Waals surface area contributed by atoms with Crippen molar-refractivity contribution in [2.75, 3.05) is 76.2 Å². The smallest absolute Gasteiger partial charge is 0.246 e. The van der Waals surface area contributed by atoms with Gasteiger partial charge in [0.25, 0.3) is 0 Å². The van der Waals surface area contributed by atoms with Gasteiger partial charge in [0.05, 0.1) is 30.6 Å². The van der Waals surface area contributed by atoms with Gasteiger partial charge in [0.2, 0.25) is 17.7 Å². The molecule has 0 bridgehead atoms. The number of fused-ring (bicyclic) bond motifs is 3. The van der Waals surface area contributed by atoms with Crippen LogP contribution in [0.1, 0.15) is 89.7 Å². The number of benzene rings is 2. The van der Waals surface area contributed by atoms with Crippen LogP contribution in [0.5, 0.6) is 11.5 Å². The van der Waals surface area contributed by atoms with E-state index >= 15 is 0 Å². The Morgan fingerprint density at radius 3 is 2.26 bits per heavy atom. The van der Waals surface area contributed by atoms with Crippen LogP contribution in [0.25, 0.3) is 11.3 Å². The number of para-hydroxylation sites is 1. The highest BCUT2D eigenvalue weighted by molar-refractivity contribution is 5.94. The molecular weight excluding hydrogens is 885 g/mol. The Morgan fingerprint density at radius 2 is 1.57 bits per heavy atom. The van der Waals surface area contributed by atoms with E-state index < -0.39 is 23.6 Å². The maximum absolute atomic E-state index is 14.3. The Kier molecular flexibility index (Phi) is 13.5. The van der Waals surface area contributed by atoms with Crippen molar-refractivity contribution in [3.63, 3.8) is 0 Å². The lowest BCUT2D eigenvalue weighted by atomic mass is 9.49. The number of rotatable bonds is 11. The number of amides is 3. The minimum absolute atomic E-state index is 0.0272. The second-order valence-electron chi connectivity index (χ2n) is 22.5. The van der Waals surface area contributed by atoms with Gasteiger partial charge in [0.1, 0.15) is 23.6 Å². The largest absolute Gasteiger partial charge is 0.507 e. The molecule has 16 nitrogen and oxygen atoms in total. The van der Waals surface area contributed by atoms with E-state index in [9.17, 15) is 24.6 Å². The second kappa shape index (κ2) is 19.6. The fraction of sp³-hybridized carbons (Fsp3) is 0.611. The molecule has 374 valence electrons. The van der Waals surface area contributed by atoms with Crippen molar-refractivity contribution in [3.05, 3.63) is 59.7 Å². The third kappa shape index (κ3) is 9.66. The molecule has 10 rings (SSSR count). The number of aromatic hydroxyl groups is 1. The first kappa shape index (κ1) is 48.2. The number of nitrogens with one attached hydrogen (secondary N) is 3. The van der Waals surface area contributed by atoms with Gasteiger partial charge in [-0.2, -0.15) is 0 Å². The molecule has 2 saturated carbocycles. The second-order valence-corrected chi connectivity index (χ2v) is 22.5. The molecule has 16 heteroatoms. The average molecular weight is 957 g/mol. The van der Waals surface area contributed by atoms with Crippen molar-refractivity contribution in [1.82, 2.24) is 40.4 Å². The van der Waals surface area contributed by atoms with E-state index in [-0.39, 0.29) is 54.3 Å². The molecule has 0 radical (unpaired) electrons. The molecule has 2 aliphatic carbocycles. The fourth-order valence-electron chi connectivity index (χ4n) is 13.1. The zero-order chi connectivity index (χ0) is 48.9. The summed E-state index contributed by atoms with van der Waals surface area (Å²) in [6.45, 7) is 14.4. The van der Waals surface area contributed by atoms with Crippen molar-refractivity contribution in [2.24, 2.45) is 16.7 Å². The maximum atomic E-state index is 14.3. The van der Waals surface area contributed by atoms with Gasteiger partial charge in [0, 0.05) is 86.4 Å². The number of ether oxygens (including phenoxy) is 1. The number of piperidine rings is 2. The number of nitrogens with zero attached hydrogens (tertiary/aromatic N) is 7. The molecule has 7 aliphatic rings. The van der Waals surface area contributed by atoms with Crippen LogP contribution in [0, 0.1) is 29.1 Å². The Bertz CT molecular complexity index is 2460. The zero-order valence-corrected chi connectivity index (χ0v) is 41.4. The number of aliphatic hydroxyl groups is 1. The monoisotopic (exact) mass is 957 g/mol. The topological polar surface area (TPSA) is 179 Å². The number of piperazine rings is 1. The van der Waals surface area contributed by atoms with E-state index in [4.69, 9.17) is 11.2 Å². The van der Waals surface area contributed by atoms with Crippen molar-refractivity contribution in [3.8, 4) is 35.1 Å². The number of carbonyl (C=O) groups excluding carboxylic acids is 3. The molecule has 1 aromatic heterocycles. The molecule has 6 fully saturated rings. The number of aromatic nitrogens is 2. The lowest BCUT2D eigenvalue weighted by Crippen LogP contribution is -2.63. The quantitative estimate of drug-likeness (QED) is 0.174. The van der Waals surface area contributed by atoms with E-state index in [1.807, 2.05) is 39.0 Å². The first-order chi connectivity index (χ1) is 33.7. The van der Waals surface area contributed by atoms with Gasteiger partial charge in [-0.1, -0.05) is 44.9 Å². The number of terminal acetylenes is 1. The molecule has 2 aromatic carbocycles. The number of β-amino-alcohol motifs (C(OH)–C–C–N with tert-alkyl or cyclic N) is 1. The van der Waals surface area contributed by atoms with Gasteiger partial charge in [-0.3, -0.25) is 19.3 Å². The average Bonchev–Trinajstić information content (AvgIpc) is 3.75. The van der Waals surface area contributed by atoms with E-state index in [1.54, 1.807) is 31.4 Å². The third-order valence-electron chi connectivity index (χ3n) is 17.1. The Labute approximate surface area is 412 Å². The van der Waals surface area contributed by atoms with Crippen LogP contribution in [-0.4, -0.2) is 166 Å². The van der Waals surface area contributed by atoms with Gasteiger partial charge in [-0.05, 0) is 119 Å². The number of methoxy groups -OCH3 is 1. The molecule has 5 aliphatic heterocycles. The molecule has 4 atom stereocenters. The molecule has 0 unspecified atom stereocenters. The highest BCUT2D eigenvalue weighted by Crippen LogP contribution is 2.60. The number of anilines is 2. The number of hydrogen-bond acceptors (Lipinski definition) is 13. The van der Waals surface area contributed by atoms with Crippen molar-refractivity contribution in [2.45, 2.75) is 127 Å². The molecule has 6 heterocycles. The maximum Gasteiger partial charge on any atom is 0.246 e. The number of phenolic OH excluding ortho intramolecular Hbond substituents is 1. The fourth-order valence-corrected chi connectivity index (χ4v) is 13.1. The molecule has 4 saturated heterocycles. The van der Waals surface area contributed by atoms with Crippen LogP contribution in [-0.2, 0) is 20.9 Å². The lowest BCUT2D eigenvalue weighted by molar-refractivity contribution is -0.150. The summed E-state index contributed by atoms with van der Waals surface area (Å²) in [4.78, 5) is 53.8. The summed E-state index contributed by atoms with van der Waals surface area (Å²) in [5.41, 5.74) is 3.47. The summed E-state index contributed by atoms with van der Waals surface area (Å²) >= 11 is 0. The normalized spacial score (nSPS) is 28.1. The minimum atomic E-state index is -0.866. The first-order valence-corrected chi connectivity index (χ1v) is 25.8. The SMILES string of the molecule is C#Cc1ccc(CNC(=O)[C@@H]2C[C@@H](O)CN2C(=O)[C@@H](NC(=O)C2CC3(C2)CC(N2CCC(N4CCC(N5CCN6c7cc(-c8ccccc8O)nnc7NC[C@H]6C5)CC4)CC2)C3)C(C)(C)C)c(OC)c1. The zero-order valence-electron chi connectivity index (χ0n) is 41.4. The third-order valence-corrected chi connectivity index (χ3v) is 17.1. The van der Waals surface area contributed by atoms with E-state index in [0.717, 1.165) is 95.1 Å². The van der Waals surface area contributed by atoms with E-state index in [0.29, 0.717) is 46.7 Å². The first-order valence-electron chi connectivity index (χ1n) is 25.8. The van der Waals surface area contributed by atoms with Crippen molar-refractivity contribution >= 4 is 29.2 Å². The molecule has 5 N–H and O–H groups in total. The molecular formula is C54H72N10O6. The Hall–Kier alpha value is -5.47. The predicted octanol–water partition coefficient (Wildman–Crippen LogP) is 4.05. The molecule has 1 spiro atoms. The Balaban J connectivity index is 0.649.